The van der Waals surface area contributed by atoms with Crippen molar-refractivity contribution in [3.63, 3.8) is 0 Å². The van der Waals surface area contributed by atoms with E-state index in [2.05, 4.69) is 4.57 Å². The Morgan fingerprint density at radius 1 is 0.951 bits per heavy atom. The third kappa shape index (κ3) is 6.80. The monoisotopic (exact) mass is 560 g/mol. The topological polar surface area (TPSA) is 97.1 Å². The lowest BCUT2D eigenvalue weighted by Crippen LogP contribution is -2.57. The molecule has 9 nitrogen and oxygen atoms in total. The van der Waals surface area contributed by atoms with Gasteiger partial charge >= 0.3 is 6.09 Å². The molecule has 0 unspecified atom stereocenters. The van der Waals surface area contributed by atoms with E-state index in [0.29, 0.717) is 31.9 Å². The summed E-state index contributed by atoms with van der Waals surface area (Å²) in [5.74, 6) is -0.168. The van der Waals surface area contributed by atoms with Gasteiger partial charge in [0.25, 0.3) is 5.91 Å². The molecule has 2 aromatic carbocycles. The first-order valence-corrected chi connectivity index (χ1v) is 14.6. The first-order chi connectivity index (χ1) is 20.1. The summed E-state index contributed by atoms with van der Waals surface area (Å²) in [6.45, 7) is 1.90. The van der Waals surface area contributed by atoms with Crippen LogP contribution in [0.3, 0.4) is 0 Å². The van der Waals surface area contributed by atoms with Crippen molar-refractivity contribution in [2.45, 2.75) is 56.7 Å². The van der Waals surface area contributed by atoms with Crippen molar-refractivity contribution < 1.29 is 24.2 Å². The summed E-state index contributed by atoms with van der Waals surface area (Å²) in [4.78, 5) is 34.2. The number of benzene rings is 2. The highest BCUT2D eigenvalue weighted by Gasteiger charge is 2.37. The van der Waals surface area contributed by atoms with E-state index in [4.69, 9.17) is 14.5 Å². The summed E-state index contributed by atoms with van der Waals surface area (Å²) in [5.41, 5.74) is 3.18. The molecular formula is C32H40N4O5. The van der Waals surface area contributed by atoms with Gasteiger partial charge in [-0.15, -0.1) is 0 Å². The quantitative estimate of drug-likeness (QED) is 0.288. The Kier molecular flexibility index (Phi) is 9.69. The number of ether oxygens (including phenoxy) is 2. The minimum Gasteiger partial charge on any atom is -0.465 e. The number of piperazine rings is 1. The second kappa shape index (κ2) is 13.8. The highest BCUT2D eigenvalue weighted by Crippen LogP contribution is 2.36. The highest BCUT2D eigenvalue weighted by molar-refractivity contribution is 5.98. The van der Waals surface area contributed by atoms with Crippen LogP contribution in [0.1, 0.15) is 54.2 Å². The zero-order valence-corrected chi connectivity index (χ0v) is 23.7. The Morgan fingerprint density at radius 3 is 2.41 bits per heavy atom. The Morgan fingerprint density at radius 2 is 1.68 bits per heavy atom. The molecule has 1 saturated carbocycles. The highest BCUT2D eigenvalue weighted by atomic mass is 16.5. The SMILES string of the molecule is COCCO[C@@H]1CCCCC[C@H]1n1cnc(C(=O)N2CCN(C(=O)O)C[C@H]2Cc2ccccc2)c1-c1ccccc1. The third-order valence-electron chi connectivity index (χ3n) is 8.27. The van der Waals surface area contributed by atoms with Crippen LogP contribution >= 0.6 is 0 Å². The molecule has 3 atom stereocenters. The Labute approximate surface area is 241 Å². The van der Waals surface area contributed by atoms with Gasteiger partial charge in [0.1, 0.15) is 0 Å². The largest absolute Gasteiger partial charge is 0.465 e. The molecule has 1 N–H and O–H groups in total. The molecule has 218 valence electrons. The summed E-state index contributed by atoms with van der Waals surface area (Å²) in [6, 6.07) is 19.6. The van der Waals surface area contributed by atoms with E-state index >= 15 is 0 Å². The number of imidazole rings is 1. The molecule has 1 aliphatic heterocycles. The first kappa shape index (κ1) is 28.8. The van der Waals surface area contributed by atoms with Gasteiger partial charge in [-0.3, -0.25) is 4.79 Å². The van der Waals surface area contributed by atoms with Crippen molar-refractivity contribution in [3.8, 4) is 11.3 Å². The van der Waals surface area contributed by atoms with Crippen LogP contribution in [0.5, 0.6) is 0 Å². The molecule has 5 rings (SSSR count). The van der Waals surface area contributed by atoms with Crippen molar-refractivity contribution in [2.24, 2.45) is 0 Å². The van der Waals surface area contributed by atoms with Gasteiger partial charge in [0.15, 0.2) is 5.69 Å². The van der Waals surface area contributed by atoms with Crippen molar-refractivity contribution in [1.29, 1.82) is 0 Å². The Hall–Kier alpha value is -3.69. The fraction of sp³-hybridized carbons (Fsp3) is 0.469. The van der Waals surface area contributed by atoms with Crippen molar-refractivity contribution in [2.75, 3.05) is 40.0 Å². The molecule has 1 saturated heterocycles. The van der Waals surface area contributed by atoms with E-state index in [9.17, 15) is 14.7 Å². The molecule has 41 heavy (non-hydrogen) atoms. The molecule has 2 amide bonds. The number of hydrogen-bond donors (Lipinski definition) is 1. The fourth-order valence-electron chi connectivity index (χ4n) is 6.19. The molecule has 9 heteroatoms. The predicted molar refractivity (Wildman–Crippen MR) is 156 cm³/mol. The van der Waals surface area contributed by atoms with Crippen LogP contribution in [-0.4, -0.2) is 88.6 Å². The van der Waals surface area contributed by atoms with Crippen LogP contribution in [-0.2, 0) is 15.9 Å². The molecular weight excluding hydrogens is 520 g/mol. The molecule has 0 bridgehead atoms. The molecule has 3 aromatic rings. The number of nitrogens with zero attached hydrogens (tertiary/aromatic N) is 4. The van der Waals surface area contributed by atoms with Gasteiger partial charge in [0.05, 0.1) is 43.4 Å². The summed E-state index contributed by atoms with van der Waals surface area (Å²) in [5, 5.41) is 9.72. The van der Waals surface area contributed by atoms with E-state index in [0.717, 1.165) is 48.9 Å². The number of rotatable bonds is 9. The van der Waals surface area contributed by atoms with Crippen molar-refractivity contribution in [3.05, 3.63) is 78.2 Å². The normalized spacial score (nSPS) is 21.4. The van der Waals surface area contributed by atoms with E-state index in [-0.39, 0.29) is 37.2 Å². The van der Waals surface area contributed by atoms with Gasteiger partial charge < -0.3 is 28.9 Å². The second-order valence-electron chi connectivity index (χ2n) is 10.9. The maximum atomic E-state index is 14.4. The van der Waals surface area contributed by atoms with Crippen LogP contribution < -0.4 is 0 Å². The lowest BCUT2D eigenvalue weighted by atomic mass is 10.0. The summed E-state index contributed by atoms with van der Waals surface area (Å²) in [6.07, 6.45) is 6.63. The van der Waals surface area contributed by atoms with Gasteiger partial charge in [-0.05, 0) is 24.8 Å². The summed E-state index contributed by atoms with van der Waals surface area (Å²) in [7, 11) is 1.68. The van der Waals surface area contributed by atoms with Crippen LogP contribution in [0.4, 0.5) is 4.79 Å². The van der Waals surface area contributed by atoms with Gasteiger partial charge in [-0.25, -0.2) is 9.78 Å². The molecule has 2 aliphatic rings. The van der Waals surface area contributed by atoms with Gasteiger partial charge in [-0.2, -0.15) is 0 Å². The standard InChI is InChI=1S/C32H40N4O5/c1-40-19-20-41-28-16-10-4-9-15-27(28)36-23-33-29(30(36)25-13-7-3-8-14-25)31(37)35-18-17-34(32(38)39)22-26(35)21-24-11-5-2-6-12-24/h2-3,5-8,11-14,23,26-28H,4,9-10,15-22H2,1H3,(H,38,39)/t26-,27-,28-/m1/s1. The lowest BCUT2D eigenvalue weighted by Gasteiger charge is -2.40. The molecule has 0 spiro atoms. The zero-order valence-electron chi connectivity index (χ0n) is 23.7. The van der Waals surface area contributed by atoms with Crippen LogP contribution in [0, 0.1) is 0 Å². The van der Waals surface area contributed by atoms with Crippen molar-refractivity contribution >= 4 is 12.0 Å². The maximum absolute atomic E-state index is 14.4. The minimum absolute atomic E-state index is 0.00259. The van der Waals surface area contributed by atoms with Crippen LogP contribution in [0.2, 0.25) is 0 Å². The van der Waals surface area contributed by atoms with E-state index < -0.39 is 6.09 Å². The second-order valence-corrected chi connectivity index (χ2v) is 10.9. The predicted octanol–water partition coefficient (Wildman–Crippen LogP) is 5.13. The average molecular weight is 561 g/mol. The van der Waals surface area contributed by atoms with Crippen LogP contribution in [0.15, 0.2) is 67.0 Å². The number of carbonyl (C=O) groups excluding carboxylic acids is 1. The minimum atomic E-state index is -0.961. The number of amides is 2. The van der Waals surface area contributed by atoms with Gasteiger partial charge in [-0.1, -0.05) is 79.9 Å². The van der Waals surface area contributed by atoms with Crippen molar-refractivity contribution in [1.82, 2.24) is 19.4 Å². The third-order valence-corrected chi connectivity index (χ3v) is 8.27. The van der Waals surface area contributed by atoms with Gasteiger partial charge in [0.2, 0.25) is 0 Å². The van der Waals surface area contributed by atoms with E-state index in [1.54, 1.807) is 13.4 Å². The maximum Gasteiger partial charge on any atom is 0.407 e. The number of carbonyl (C=O) groups is 2. The summed E-state index contributed by atoms with van der Waals surface area (Å²) >= 11 is 0. The average Bonchev–Trinajstić information content (AvgIpc) is 3.30. The van der Waals surface area contributed by atoms with Crippen LogP contribution in [0.25, 0.3) is 11.3 Å². The number of hydrogen-bond acceptors (Lipinski definition) is 5. The van der Waals surface area contributed by atoms with E-state index in [1.807, 2.05) is 65.6 Å². The lowest BCUT2D eigenvalue weighted by molar-refractivity contribution is -0.0126. The first-order valence-electron chi connectivity index (χ1n) is 14.6. The fourth-order valence-corrected chi connectivity index (χ4v) is 6.19. The summed E-state index contributed by atoms with van der Waals surface area (Å²) < 4.78 is 13.7. The molecule has 1 aliphatic carbocycles. The number of methoxy groups -OCH3 is 1. The molecule has 2 fully saturated rings. The molecule has 1 aromatic heterocycles. The molecule has 0 radical (unpaired) electrons. The Balaban J connectivity index is 1.51. The number of aromatic nitrogens is 2. The smallest absolute Gasteiger partial charge is 0.407 e. The zero-order chi connectivity index (χ0) is 28.6. The number of carboxylic acid groups (broad SMARTS) is 1. The van der Waals surface area contributed by atoms with E-state index in [1.165, 1.54) is 4.90 Å². The Bertz CT molecular complexity index is 1280. The van der Waals surface area contributed by atoms with Gasteiger partial charge in [0, 0.05) is 32.3 Å². The molecule has 2 heterocycles.